The van der Waals surface area contributed by atoms with Gasteiger partial charge in [-0.1, -0.05) is 293 Å². The maximum Gasteiger partial charge on any atom is 0.472 e. The third-order valence-corrected chi connectivity index (χ3v) is 18.7. The van der Waals surface area contributed by atoms with Crippen LogP contribution in [0.4, 0.5) is 0 Å². The zero-order valence-electron chi connectivity index (χ0n) is 58.1. The highest BCUT2D eigenvalue weighted by Gasteiger charge is 2.30. The van der Waals surface area contributed by atoms with E-state index >= 15 is 0 Å². The van der Waals surface area contributed by atoms with E-state index in [0.29, 0.717) is 31.6 Å². The van der Waals surface area contributed by atoms with Gasteiger partial charge in [-0.25, -0.2) is 9.13 Å². The molecule has 0 bridgehead atoms. The summed E-state index contributed by atoms with van der Waals surface area (Å²) >= 11 is 0. The van der Waals surface area contributed by atoms with Crippen LogP contribution in [0.5, 0.6) is 0 Å². The number of phosphoric acid groups is 2. The maximum atomic E-state index is 13.0. The van der Waals surface area contributed by atoms with E-state index in [1.54, 1.807) is 0 Å². The monoisotopic (exact) mass is 1310 g/mol. The second-order valence-electron chi connectivity index (χ2n) is 26.7. The molecular weight excluding hydrogens is 1170 g/mol. The fraction of sp³-hybridized carbons (Fsp3) is 0.943. The Morgan fingerprint density at radius 1 is 0.315 bits per heavy atom. The molecule has 0 amide bonds. The number of rotatable bonds is 67. The fourth-order valence-corrected chi connectivity index (χ4v) is 12.0. The van der Waals surface area contributed by atoms with E-state index in [-0.39, 0.29) is 25.7 Å². The number of esters is 4. The van der Waals surface area contributed by atoms with Crippen molar-refractivity contribution in [3.63, 3.8) is 0 Å². The summed E-state index contributed by atoms with van der Waals surface area (Å²) < 4.78 is 68.2. The average Bonchev–Trinajstić information content (AvgIpc) is 3.70. The molecule has 0 aromatic rings. The summed E-state index contributed by atoms with van der Waals surface area (Å²) in [6.07, 6.45) is 41.9. The predicted molar refractivity (Wildman–Crippen MR) is 358 cm³/mol. The smallest absolute Gasteiger partial charge is 0.462 e. The Labute approximate surface area is 543 Å². The summed E-state index contributed by atoms with van der Waals surface area (Å²) in [6.45, 7) is 14.1. The lowest BCUT2D eigenvalue weighted by Crippen LogP contribution is -2.30. The van der Waals surface area contributed by atoms with E-state index in [4.69, 9.17) is 37.0 Å². The van der Waals surface area contributed by atoms with Crippen molar-refractivity contribution in [1.82, 2.24) is 0 Å². The molecule has 7 atom stereocenters. The van der Waals surface area contributed by atoms with Crippen molar-refractivity contribution >= 4 is 39.5 Å². The fourth-order valence-electron chi connectivity index (χ4n) is 10.4. The number of ether oxygens (including phenoxy) is 4. The first-order valence-electron chi connectivity index (χ1n) is 36.3. The van der Waals surface area contributed by atoms with Gasteiger partial charge in [0.25, 0.3) is 0 Å². The van der Waals surface area contributed by atoms with Gasteiger partial charge in [-0.3, -0.25) is 37.3 Å². The van der Waals surface area contributed by atoms with Crippen molar-refractivity contribution in [3.8, 4) is 0 Å². The van der Waals surface area contributed by atoms with Crippen LogP contribution >= 0.6 is 15.6 Å². The SMILES string of the molecule is CCC(C)CCCCCCCCCCCCCCCCC(=O)OC[C@H](COP(=O)(O)OC[C@@H](O)COP(=O)(O)OC[C@@H](COC(=O)CCCCCCCCC(C)CC)OC(=O)CCCCCCCCCCC(C)C)OC(=O)CCCCCCCCCC(C)C. The first-order valence-corrected chi connectivity index (χ1v) is 39.3. The first kappa shape index (κ1) is 87.1. The average molecular weight is 1310 g/mol. The minimum atomic E-state index is -4.95. The Bertz CT molecular complexity index is 1770. The number of aliphatic hydroxyl groups excluding tert-OH is 1. The molecule has 0 radical (unpaired) electrons. The van der Waals surface area contributed by atoms with Gasteiger partial charge in [-0.05, 0) is 49.4 Å². The van der Waals surface area contributed by atoms with Gasteiger partial charge in [-0.2, -0.15) is 0 Å². The van der Waals surface area contributed by atoms with Gasteiger partial charge < -0.3 is 33.8 Å². The van der Waals surface area contributed by atoms with E-state index in [0.717, 1.165) is 114 Å². The molecule has 0 saturated carbocycles. The lowest BCUT2D eigenvalue weighted by molar-refractivity contribution is -0.161. The van der Waals surface area contributed by atoms with Crippen molar-refractivity contribution in [1.29, 1.82) is 0 Å². The van der Waals surface area contributed by atoms with Crippen molar-refractivity contribution in [2.24, 2.45) is 23.7 Å². The molecule has 0 aromatic heterocycles. The van der Waals surface area contributed by atoms with Crippen molar-refractivity contribution in [2.45, 2.75) is 363 Å². The molecule has 0 fully saturated rings. The highest BCUT2D eigenvalue weighted by molar-refractivity contribution is 7.47. The molecule has 4 unspecified atom stereocenters. The zero-order chi connectivity index (χ0) is 66.1. The molecular formula is C70H136O17P2. The summed E-state index contributed by atoms with van der Waals surface area (Å²) in [5.74, 6) is 0.861. The predicted octanol–water partition coefficient (Wildman–Crippen LogP) is 19.7. The number of hydrogen-bond donors (Lipinski definition) is 3. The van der Waals surface area contributed by atoms with E-state index in [1.165, 1.54) is 141 Å². The summed E-state index contributed by atoms with van der Waals surface area (Å²) in [7, 11) is -9.90. The van der Waals surface area contributed by atoms with Crippen LogP contribution in [0, 0.1) is 23.7 Å². The van der Waals surface area contributed by atoms with Crippen LogP contribution in [0.25, 0.3) is 0 Å². The van der Waals surface area contributed by atoms with Gasteiger partial charge in [0.05, 0.1) is 26.4 Å². The highest BCUT2D eigenvalue weighted by Crippen LogP contribution is 2.45. The summed E-state index contributed by atoms with van der Waals surface area (Å²) in [5.41, 5.74) is 0. The Kier molecular flexibility index (Phi) is 58.5. The van der Waals surface area contributed by atoms with Gasteiger partial charge in [-0.15, -0.1) is 0 Å². The molecule has 3 N–H and O–H groups in total. The Balaban J connectivity index is 5.19. The highest BCUT2D eigenvalue weighted by atomic mass is 31.2. The number of hydrogen-bond acceptors (Lipinski definition) is 15. The van der Waals surface area contributed by atoms with Gasteiger partial charge in [0.15, 0.2) is 12.2 Å². The second kappa shape index (κ2) is 59.8. The molecule has 17 nitrogen and oxygen atoms in total. The largest absolute Gasteiger partial charge is 0.472 e. The molecule has 0 aliphatic carbocycles. The Morgan fingerprint density at radius 3 is 0.798 bits per heavy atom. The Hall–Kier alpha value is -1.94. The molecule has 0 rings (SSSR count). The first-order chi connectivity index (χ1) is 42.7. The molecule has 89 heavy (non-hydrogen) atoms. The van der Waals surface area contributed by atoms with Gasteiger partial charge in [0, 0.05) is 25.7 Å². The molecule has 0 spiro atoms. The number of phosphoric ester groups is 2. The molecule has 0 aliphatic heterocycles. The lowest BCUT2D eigenvalue weighted by Gasteiger charge is -2.21. The van der Waals surface area contributed by atoms with Crippen LogP contribution < -0.4 is 0 Å². The van der Waals surface area contributed by atoms with Crippen LogP contribution in [-0.2, 0) is 65.4 Å². The Morgan fingerprint density at radius 2 is 0.539 bits per heavy atom. The van der Waals surface area contributed by atoms with Crippen molar-refractivity contribution < 1.29 is 80.2 Å². The van der Waals surface area contributed by atoms with E-state index in [2.05, 4.69) is 55.4 Å². The molecule has 19 heteroatoms. The summed E-state index contributed by atoms with van der Waals surface area (Å²) in [4.78, 5) is 72.5. The lowest BCUT2D eigenvalue weighted by atomic mass is 9.99. The minimum Gasteiger partial charge on any atom is -0.462 e. The molecule has 0 aromatic carbocycles. The zero-order valence-corrected chi connectivity index (χ0v) is 59.8. The van der Waals surface area contributed by atoms with Gasteiger partial charge >= 0.3 is 39.5 Å². The number of carbonyl (C=O) groups is 4. The molecule has 0 aliphatic rings. The van der Waals surface area contributed by atoms with Crippen LogP contribution in [0.1, 0.15) is 344 Å². The quantitative estimate of drug-likeness (QED) is 0.0222. The maximum absolute atomic E-state index is 13.0. The molecule has 0 heterocycles. The topological polar surface area (TPSA) is 237 Å². The standard InChI is InChI=1S/C70H136O17P2/c1-9-62(7)48-40-32-24-17-15-13-11-12-14-16-18-25-34-42-50-67(72)80-56-65(87-70(75)53-45-37-27-21-23-31-39-47-61(5)6)58-84-88(76,77)82-54-64(71)55-83-89(78,79)85-59-66(57-81-68(73)51-43-35-29-28-33-41-49-63(8)10-2)86-69(74)52-44-36-26-20-19-22-30-38-46-60(3)4/h60-66,71H,9-59H2,1-8H3,(H,76,77)(H,78,79)/t62?,63?,64-,65-,66-/m1/s1. The van der Waals surface area contributed by atoms with E-state index in [9.17, 15) is 43.2 Å². The summed E-state index contributed by atoms with van der Waals surface area (Å²) in [5, 5.41) is 10.6. The van der Waals surface area contributed by atoms with Crippen molar-refractivity contribution in [3.05, 3.63) is 0 Å². The second-order valence-corrected chi connectivity index (χ2v) is 29.6. The number of carbonyl (C=O) groups excluding carboxylic acids is 4. The van der Waals surface area contributed by atoms with Crippen LogP contribution in [0.2, 0.25) is 0 Å². The van der Waals surface area contributed by atoms with Crippen molar-refractivity contribution in [2.75, 3.05) is 39.6 Å². The van der Waals surface area contributed by atoms with Gasteiger partial charge in [0.1, 0.15) is 19.3 Å². The third kappa shape index (κ3) is 62.0. The van der Waals surface area contributed by atoms with Gasteiger partial charge in [0.2, 0.25) is 0 Å². The van der Waals surface area contributed by atoms with E-state index in [1.807, 2.05) is 0 Å². The van der Waals surface area contributed by atoms with Crippen LogP contribution in [0.3, 0.4) is 0 Å². The number of aliphatic hydroxyl groups is 1. The normalized spacial score (nSPS) is 14.9. The van der Waals surface area contributed by atoms with E-state index < -0.39 is 97.5 Å². The summed E-state index contributed by atoms with van der Waals surface area (Å²) in [6, 6.07) is 0. The number of unbranched alkanes of at least 4 members (excludes halogenated alkanes) is 31. The third-order valence-electron chi connectivity index (χ3n) is 16.8. The minimum absolute atomic E-state index is 0.103. The van der Waals surface area contributed by atoms with Crippen LogP contribution in [0.15, 0.2) is 0 Å². The molecule has 528 valence electrons. The molecule has 0 saturated heterocycles. The van der Waals surface area contributed by atoms with Crippen LogP contribution in [-0.4, -0.2) is 96.7 Å².